The second-order valence-corrected chi connectivity index (χ2v) is 15.4. The minimum atomic E-state index is -1.57. The van der Waals surface area contributed by atoms with Gasteiger partial charge in [-0.2, -0.15) is 0 Å². The van der Waals surface area contributed by atoms with Crippen molar-refractivity contribution in [2.45, 2.75) is 203 Å². The molecule has 298 valence electrons. The summed E-state index contributed by atoms with van der Waals surface area (Å²) in [7, 11) is 0. The Morgan fingerprint density at radius 2 is 1.33 bits per heavy atom. The van der Waals surface area contributed by atoms with Gasteiger partial charge in [0, 0.05) is 17.8 Å². The minimum Gasteiger partial charge on any atom is -0.394 e. The highest BCUT2D eigenvalue weighted by Gasteiger charge is 2.44. The first-order chi connectivity index (χ1) is 24.8. The SMILES string of the molecule is CCCCCCCCCCCCCC[C@@H](O)[C@@H](O)[C@H](COC1OC(CO)C(O)C(O)C1O)c1ncc(CCCCCCCCCCC2COC2)[nH]1. The summed E-state index contributed by atoms with van der Waals surface area (Å²) in [5, 5.41) is 62.9. The number of aromatic nitrogens is 2. The number of ether oxygens (including phenoxy) is 3. The normalized spacial score (nSPS) is 24.4. The first kappa shape index (κ1) is 44.2. The van der Waals surface area contributed by atoms with E-state index in [-0.39, 0.29) is 6.61 Å². The van der Waals surface area contributed by atoms with Crippen molar-refractivity contribution in [3.05, 3.63) is 17.7 Å². The summed E-state index contributed by atoms with van der Waals surface area (Å²) in [5.74, 6) is 0.523. The molecule has 2 aliphatic rings. The number of hydrogen-bond acceptors (Lipinski definition) is 10. The lowest BCUT2D eigenvalue weighted by Gasteiger charge is -2.40. The molecule has 0 spiro atoms. The van der Waals surface area contributed by atoms with E-state index in [4.69, 9.17) is 14.2 Å². The minimum absolute atomic E-state index is 0.166. The third-order valence-corrected chi connectivity index (χ3v) is 11.0. The molecule has 2 aliphatic heterocycles. The maximum absolute atomic E-state index is 11.4. The first-order valence-corrected chi connectivity index (χ1v) is 20.7. The fourth-order valence-corrected chi connectivity index (χ4v) is 7.33. The highest BCUT2D eigenvalue weighted by atomic mass is 16.7. The van der Waals surface area contributed by atoms with Crippen LogP contribution in [0.5, 0.6) is 0 Å². The molecule has 11 nitrogen and oxygen atoms in total. The van der Waals surface area contributed by atoms with Crippen LogP contribution >= 0.6 is 0 Å². The van der Waals surface area contributed by atoms with Gasteiger partial charge in [0.2, 0.25) is 0 Å². The molecule has 1 aromatic rings. The summed E-state index contributed by atoms with van der Waals surface area (Å²) in [6.07, 6.45) is 19.5. The number of unbranched alkanes of at least 4 members (excludes halogenated alkanes) is 18. The Balaban J connectivity index is 1.42. The zero-order valence-corrected chi connectivity index (χ0v) is 31.7. The van der Waals surface area contributed by atoms with E-state index in [0.717, 1.165) is 63.4 Å². The van der Waals surface area contributed by atoms with E-state index >= 15 is 0 Å². The number of aromatic amines is 1. The van der Waals surface area contributed by atoms with Crippen LogP contribution in [0.2, 0.25) is 0 Å². The van der Waals surface area contributed by atoms with Crippen LogP contribution in [0.25, 0.3) is 0 Å². The standard InChI is InChI=1S/C40H74N2O9/c1-2-3-4-5-6-7-8-9-10-15-18-21-24-33(44)35(45)32(29-50-40-38(48)37(47)36(46)34(26-43)51-40)39-41-25-31(42-39)23-20-17-14-12-11-13-16-19-22-30-27-49-28-30/h25,30,32-38,40,43-48H,2-24,26-29H2,1H3,(H,41,42)/t32-,33+,34?,35-,36?,37?,38?,40?/m0/s1. The molecule has 11 heteroatoms. The number of aliphatic hydroxyl groups is 6. The Bertz CT molecular complexity index is 977. The average Bonchev–Trinajstić information content (AvgIpc) is 3.58. The van der Waals surface area contributed by atoms with E-state index in [1.54, 1.807) is 6.20 Å². The molecule has 51 heavy (non-hydrogen) atoms. The molecule has 2 saturated heterocycles. The third kappa shape index (κ3) is 16.8. The molecular formula is C40H74N2O9. The number of aryl methyl sites for hydroxylation is 1. The van der Waals surface area contributed by atoms with Gasteiger partial charge in [-0.05, 0) is 25.7 Å². The van der Waals surface area contributed by atoms with Crippen LogP contribution < -0.4 is 0 Å². The van der Waals surface area contributed by atoms with Crippen LogP contribution in [0, 0.1) is 5.92 Å². The van der Waals surface area contributed by atoms with Crippen molar-refractivity contribution in [3.63, 3.8) is 0 Å². The molecule has 8 atom stereocenters. The molecule has 0 saturated carbocycles. The summed E-state index contributed by atoms with van der Waals surface area (Å²) >= 11 is 0. The first-order valence-electron chi connectivity index (χ1n) is 20.7. The second-order valence-electron chi connectivity index (χ2n) is 15.4. The van der Waals surface area contributed by atoms with Crippen molar-refractivity contribution < 1.29 is 44.8 Å². The van der Waals surface area contributed by atoms with Gasteiger partial charge in [0.15, 0.2) is 6.29 Å². The maximum Gasteiger partial charge on any atom is 0.186 e. The van der Waals surface area contributed by atoms with E-state index < -0.39 is 55.4 Å². The van der Waals surface area contributed by atoms with Gasteiger partial charge in [-0.1, -0.05) is 129 Å². The third-order valence-electron chi connectivity index (χ3n) is 11.0. The van der Waals surface area contributed by atoms with Crippen LogP contribution in [0.1, 0.15) is 166 Å². The topological polar surface area (TPSA) is 178 Å². The molecule has 3 heterocycles. The molecule has 5 unspecified atom stereocenters. The Kier molecular flexibility index (Phi) is 23.1. The summed E-state index contributed by atoms with van der Waals surface area (Å²) in [6, 6.07) is 0. The quantitative estimate of drug-likeness (QED) is 0.0461. The summed E-state index contributed by atoms with van der Waals surface area (Å²) < 4.78 is 16.6. The van der Waals surface area contributed by atoms with E-state index in [2.05, 4.69) is 16.9 Å². The predicted molar refractivity (Wildman–Crippen MR) is 198 cm³/mol. The average molecular weight is 727 g/mol. The molecule has 0 radical (unpaired) electrons. The number of aliphatic hydroxyl groups excluding tert-OH is 6. The predicted octanol–water partition coefficient (Wildman–Crippen LogP) is 5.82. The number of hydrogen-bond donors (Lipinski definition) is 7. The van der Waals surface area contributed by atoms with Gasteiger partial charge >= 0.3 is 0 Å². The van der Waals surface area contributed by atoms with E-state index in [9.17, 15) is 30.6 Å². The maximum atomic E-state index is 11.4. The molecule has 7 N–H and O–H groups in total. The summed E-state index contributed by atoms with van der Waals surface area (Å²) in [5.41, 5.74) is 0.950. The zero-order valence-electron chi connectivity index (χ0n) is 31.7. The molecule has 0 aliphatic carbocycles. The Labute approximate surface area is 307 Å². The van der Waals surface area contributed by atoms with Crippen LogP contribution in [0.15, 0.2) is 6.20 Å². The van der Waals surface area contributed by atoms with E-state index in [0.29, 0.717) is 12.2 Å². The Morgan fingerprint density at radius 3 is 1.90 bits per heavy atom. The molecule has 0 bridgehead atoms. The van der Waals surface area contributed by atoms with Gasteiger partial charge in [0.25, 0.3) is 0 Å². The van der Waals surface area contributed by atoms with Crippen LogP contribution in [-0.4, -0.2) is 110 Å². The lowest BCUT2D eigenvalue weighted by atomic mass is 9.94. The molecule has 3 rings (SSSR count). The summed E-state index contributed by atoms with van der Waals surface area (Å²) in [6.45, 7) is 3.43. The van der Waals surface area contributed by atoms with Crippen LogP contribution in [0.4, 0.5) is 0 Å². The largest absolute Gasteiger partial charge is 0.394 e. The molecule has 0 amide bonds. The van der Waals surface area contributed by atoms with Crippen molar-refractivity contribution in [1.82, 2.24) is 9.97 Å². The van der Waals surface area contributed by atoms with E-state index in [1.807, 2.05) is 0 Å². The van der Waals surface area contributed by atoms with Crippen LogP contribution in [0.3, 0.4) is 0 Å². The van der Waals surface area contributed by atoms with Gasteiger partial charge in [0.05, 0.1) is 44.6 Å². The van der Waals surface area contributed by atoms with Gasteiger partial charge in [0.1, 0.15) is 30.2 Å². The van der Waals surface area contributed by atoms with Crippen molar-refractivity contribution in [1.29, 1.82) is 0 Å². The molecule has 0 aromatic carbocycles. The number of imidazole rings is 1. The lowest BCUT2D eigenvalue weighted by molar-refractivity contribution is -0.303. The number of rotatable bonds is 31. The fraction of sp³-hybridized carbons (Fsp3) is 0.925. The Morgan fingerprint density at radius 1 is 0.765 bits per heavy atom. The second kappa shape index (κ2) is 26.6. The van der Waals surface area contributed by atoms with Gasteiger partial charge < -0.3 is 49.8 Å². The highest BCUT2D eigenvalue weighted by Crippen LogP contribution is 2.28. The van der Waals surface area contributed by atoms with Crippen LogP contribution in [-0.2, 0) is 20.6 Å². The van der Waals surface area contributed by atoms with Crippen molar-refractivity contribution in [2.75, 3.05) is 26.4 Å². The number of nitrogens with one attached hydrogen (secondary N) is 1. The summed E-state index contributed by atoms with van der Waals surface area (Å²) in [4.78, 5) is 7.90. The van der Waals surface area contributed by atoms with Gasteiger partial charge in [-0.3, -0.25) is 0 Å². The van der Waals surface area contributed by atoms with Gasteiger partial charge in [-0.15, -0.1) is 0 Å². The molecule has 1 aromatic heterocycles. The fourth-order valence-electron chi connectivity index (χ4n) is 7.33. The smallest absolute Gasteiger partial charge is 0.186 e. The monoisotopic (exact) mass is 727 g/mol. The lowest BCUT2D eigenvalue weighted by Crippen LogP contribution is -2.59. The van der Waals surface area contributed by atoms with Crippen molar-refractivity contribution in [2.24, 2.45) is 5.92 Å². The van der Waals surface area contributed by atoms with Gasteiger partial charge in [-0.25, -0.2) is 4.98 Å². The zero-order chi connectivity index (χ0) is 36.7. The molecule has 2 fully saturated rings. The van der Waals surface area contributed by atoms with Crippen molar-refractivity contribution in [3.8, 4) is 0 Å². The molecular weight excluding hydrogens is 652 g/mol. The number of nitrogens with zero attached hydrogens (tertiary/aromatic N) is 1. The Hall–Kier alpha value is -1.15. The van der Waals surface area contributed by atoms with E-state index in [1.165, 1.54) is 103 Å². The number of H-pyrrole nitrogens is 1. The van der Waals surface area contributed by atoms with Crippen molar-refractivity contribution >= 4 is 0 Å². The highest BCUT2D eigenvalue weighted by molar-refractivity contribution is 5.09.